The summed E-state index contributed by atoms with van der Waals surface area (Å²) in [6, 6.07) is 4.16. The molecular weight excluding hydrogens is 478 g/mol. The molecule has 3 atom stereocenters. The molecule has 0 aromatic carbocycles. The van der Waals surface area contributed by atoms with Gasteiger partial charge in [-0.25, -0.2) is 0 Å². The van der Waals surface area contributed by atoms with Crippen molar-refractivity contribution in [2.24, 2.45) is 5.92 Å². The van der Waals surface area contributed by atoms with Crippen molar-refractivity contribution in [3.8, 4) is 0 Å². The summed E-state index contributed by atoms with van der Waals surface area (Å²) in [5.74, 6) is 0.846. The summed E-state index contributed by atoms with van der Waals surface area (Å²) in [5, 5.41) is 31.6. The van der Waals surface area contributed by atoms with E-state index in [1.165, 1.54) is 0 Å². The summed E-state index contributed by atoms with van der Waals surface area (Å²) in [7, 11) is 0. The van der Waals surface area contributed by atoms with Gasteiger partial charge in [0.15, 0.2) is 0 Å². The molecule has 2 aromatic heterocycles. The predicted molar refractivity (Wildman–Crippen MR) is 128 cm³/mol. The van der Waals surface area contributed by atoms with Crippen LogP contribution < -0.4 is 5.56 Å². The van der Waals surface area contributed by atoms with Crippen LogP contribution in [0.5, 0.6) is 0 Å². The molecule has 0 unspecified atom stereocenters. The first-order valence-electron chi connectivity index (χ1n) is 11.5. The number of nitrogens with one attached hydrogen (secondary N) is 1. The van der Waals surface area contributed by atoms with Crippen molar-refractivity contribution in [1.82, 2.24) is 24.6 Å². The van der Waals surface area contributed by atoms with Gasteiger partial charge in [0.25, 0.3) is 18.5 Å². The monoisotopic (exact) mass is 509 g/mol. The normalized spacial score (nSPS) is 23.3. The molecule has 0 spiro atoms. The first kappa shape index (κ1) is 26.9. The quantitative estimate of drug-likeness (QED) is 0.444. The number of aliphatic hydroxyl groups excluding tert-OH is 1. The van der Waals surface area contributed by atoms with Crippen molar-refractivity contribution in [3.63, 3.8) is 0 Å². The summed E-state index contributed by atoms with van der Waals surface area (Å²) in [5.41, 5.74) is 3.97. The number of carboxylic acid groups (broad SMARTS) is 2. The molecule has 192 valence electrons. The molecular formula is C23H32ClN5O6. The van der Waals surface area contributed by atoms with Gasteiger partial charge in [-0.05, 0) is 31.7 Å². The molecule has 0 aliphatic carbocycles. The van der Waals surface area contributed by atoms with Gasteiger partial charge in [0.2, 0.25) is 0 Å². The van der Waals surface area contributed by atoms with E-state index in [4.69, 9.17) is 31.4 Å². The van der Waals surface area contributed by atoms with Gasteiger partial charge >= 0.3 is 0 Å². The summed E-state index contributed by atoms with van der Waals surface area (Å²) in [4.78, 5) is 34.5. The zero-order valence-corrected chi connectivity index (χ0v) is 20.4. The molecule has 0 saturated carbocycles. The van der Waals surface area contributed by atoms with Crippen molar-refractivity contribution < 1.29 is 24.9 Å². The number of hydrogen-bond donors (Lipinski definition) is 4. The van der Waals surface area contributed by atoms with Gasteiger partial charge in [-0.1, -0.05) is 17.7 Å². The number of halogens is 1. The van der Waals surface area contributed by atoms with E-state index in [9.17, 15) is 9.90 Å². The van der Waals surface area contributed by atoms with E-state index < -0.39 is 0 Å². The topological polar surface area (TPSA) is 152 Å². The number of aromatic nitrogens is 3. The molecule has 2 bridgehead atoms. The molecule has 5 rings (SSSR count). The summed E-state index contributed by atoms with van der Waals surface area (Å²) >= 11 is 6.36. The Morgan fingerprint density at radius 2 is 1.83 bits per heavy atom. The van der Waals surface area contributed by atoms with Crippen LogP contribution in [0.1, 0.15) is 41.4 Å². The lowest BCUT2D eigenvalue weighted by Crippen LogP contribution is -2.47. The number of rotatable bonds is 4. The number of aromatic amines is 1. The Balaban J connectivity index is 0.000000520. The van der Waals surface area contributed by atoms with Gasteiger partial charge in [-0.3, -0.25) is 29.3 Å². The third-order valence-electron chi connectivity index (χ3n) is 6.71. The van der Waals surface area contributed by atoms with Crippen molar-refractivity contribution in [3.05, 3.63) is 50.2 Å². The Labute approximate surface area is 207 Å². The van der Waals surface area contributed by atoms with E-state index >= 15 is 0 Å². The molecule has 2 fully saturated rings. The van der Waals surface area contributed by atoms with Crippen molar-refractivity contribution in [2.75, 3.05) is 26.2 Å². The third-order valence-corrected chi connectivity index (χ3v) is 7.22. The summed E-state index contributed by atoms with van der Waals surface area (Å²) < 4.78 is 2.02. The molecule has 11 nitrogen and oxygen atoms in total. The maximum absolute atomic E-state index is 13.2. The SMILES string of the molecule is Cc1[nH]nc(CN2C[C@@H]3C[C@H](C2)c2ccc(CN4CC[C@@H](O)C4)c(=O)n2C3)c1Cl.O=CO.O=CO. The second-order valence-electron chi connectivity index (χ2n) is 9.19. The van der Waals surface area contributed by atoms with Gasteiger partial charge in [-0.15, -0.1) is 0 Å². The fourth-order valence-electron chi connectivity index (χ4n) is 5.32. The van der Waals surface area contributed by atoms with Crippen molar-refractivity contribution in [1.29, 1.82) is 0 Å². The van der Waals surface area contributed by atoms with Crippen LogP contribution in [0.2, 0.25) is 5.02 Å². The number of fused-ring (bicyclic) bond motifs is 4. The smallest absolute Gasteiger partial charge is 0.290 e. The van der Waals surface area contributed by atoms with Gasteiger partial charge < -0.3 is 19.9 Å². The number of β-amino-alcohol motifs (C(OH)–C–C–N with tert-alkyl or cyclic N) is 1. The number of carbonyl (C=O) groups is 2. The first-order valence-corrected chi connectivity index (χ1v) is 11.9. The Kier molecular flexibility index (Phi) is 9.44. The second kappa shape index (κ2) is 12.3. The van der Waals surface area contributed by atoms with Crippen LogP contribution in [0, 0.1) is 12.8 Å². The Morgan fingerprint density at radius 1 is 1.11 bits per heavy atom. The highest BCUT2D eigenvalue weighted by Crippen LogP contribution is 2.36. The zero-order chi connectivity index (χ0) is 25.5. The van der Waals surface area contributed by atoms with Crippen LogP contribution in [0.25, 0.3) is 0 Å². The summed E-state index contributed by atoms with van der Waals surface area (Å²) in [6.07, 6.45) is 1.68. The molecule has 4 N–H and O–H groups in total. The number of hydrogen-bond acceptors (Lipinski definition) is 7. The van der Waals surface area contributed by atoms with E-state index in [0.717, 1.165) is 73.2 Å². The number of aliphatic hydroxyl groups is 1. The molecule has 0 radical (unpaired) electrons. The molecule has 2 aromatic rings. The number of nitrogens with zero attached hydrogens (tertiary/aromatic N) is 4. The van der Waals surface area contributed by atoms with Gasteiger partial charge in [0, 0.05) is 63.0 Å². The molecule has 3 aliphatic rings. The van der Waals surface area contributed by atoms with Crippen LogP contribution in [0.4, 0.5) is 0 Å². The molecule has 3 aliphatic heterocycles. The minimum atomic E-state index is -0.257. The minimum Gasteiger partial charge on any atom is -0.483 e. The van der Waals surface area contributed by atoms with E-state index in [1.54, 1.807) is 0 Å². The average molecular weight is 510 g/mol. The largest absolute Gasteiger partial charge is 0.483 e. The number of piperidine rings is 1. The minimum absolute atomic E-state index is 0.151. The Hall–Kier alpha value is -2.73. The predicted octanol–water partition coefficient (Wildman–Crippen LogP) is 1.12. The lowest BCUT2D eigenvalue weighted by atomic mass is 9.83. The fourth-order valence-corrected chi connectivity index (χ4v) is 5.46. The highest BCUT2D eigenvalue weighted by molar-refractivity contribution is 6.31. The first-order chi connectivity index (χ1) is 16.8. The Morgan fingerprint density at radius 3 is 2.43 bits per heavy atom. The molecule has 5 heterocycles. The average Bonchev–Trinajstić information content (AvgIpc) is 3.37. The van der Waals surface area contributed by atoms with E-state index in [1.807, 2.05) is 17.6 Å². The third kappa shape index (κ3) is 6.49. The van der Waals surface area contributed by atoms with Gasteiger partial charge in [0.05, 0.1) is 22.5 Å². The maximum atomic E-state index is 13.2. The number of likely N-dealkylation sites (tertiary alicyclic amines) is 2. The van der Waals surface area contributed by atoms with E-state index in [-0.39, 0.29) is 24.6 Å². The van der Waals surface area contributed by atoms with Crippen LogP contribution in [0.15, 0.2) is 16.9 Å². The lowest BCUT2D eigenvalue weighted by Gasteiger charge is -2.42. The number of aryl methyl sites for hydroxylation is 1. The molecule has 2 saturated heterocycles. The van der Waals surface area contributed by atoms with Crippen LogP contribution in [0.3, 0.4) is 0 Å². The maximum Gasteiger partial charge on any atom is 0.290 e. The number of pyridine rings is 1. The van der Waals surface area contributed by atoms with Gasteiger partial charge in [-0.2, -0.15) is 5.10 Å². The van der Waals surface area contributed by atoms with Crippen LogP contribution in [-0.4, -0.2) is 85.1 Å². The highest BCUT2D eigenvalue weighted by atomic mass is 35.5. The van der Waals surface area contributed by atoms with E-state index in [0.29, 0.717) is 24.9 Å². The van der Waals surface area contributed by atoms with Crippen molar-refractivity contribution in [2.45, 2.75) is 51.4 Å². The lowest BCUT2D eigenvalue weighted by molar-refractivity contribution is -0.123. The Bertz CT molecular complexity index is 1070. The van der Waals surface area contributed by atoms with Crippen molar-refractivity contribution >= 4 is 24.5 Å². The zero-order valence-electron chi connectivity index (χ0n) is 19.6. The van der Waals surface area contributed by atoms with E-state index in [2.05, 4.69) is 26.1 Å². The molecule has 0 amide bonds. The summed E-state index contributed by atoms with van der Waals surface area (Å²) in [6.45, 7) is 7.01. The fraction of sp³-hybridized carbons (Fsp3) is 0.565. The van der Waals surface area contributed by atoms with Crippen LogP contribution >= 0.6 is 11.6 Å². The molecule has 12 heteroatoms. The standard InChI is InChI=1S/C21H28ClN5O2.2CH2O2/c1-13-20(22)18(24-23-13)12-26-7-14-6-16(10-26)19-3-2-15(21(29)27(19)8-14)9-25-5-4-17(28)11-25;2*2-1-3/h2-3,14,16-17,28H,4-12H2,1H3,(H,23,24);2*1H,(H,2,3)/t14-,16+,17+;;/m0../s1. The van der Waals surface area contributed by atoms with Gasteiger partial charge in [0.1, 0.15) is 0 Å². The highest BCUT2D eigenvalue weighted by Gasteiger charge is 2.35. The number of H-pyrrole nitrogens is 1. The molecule has 35 heavy (non-hydrogen) atoms. The van der Waals surface area contributed by atoms with Crippen LogP contribution in [-0.2, 0) is 29.2 Å². The second-order valence-corrected chi connectivity index (χ2v) is 9.57.